The smallest absolute Gasteiger partial charge is 0.232 e. The average Bonchev–Trinajstić information content (AvgIpc) is 3.34. The number of hydrogen-bond donors (Lipinski definition) is 0. The Kier molecular flexibility index (Phi) is 5.26. The molecule has 0 aliphatic rings. The van der Waals surface area contributed by atoms with Crippen molar-refractivity contribution in [2.45, 2.75) is 18.0 Å². The molecule has 0 unspecified atom stereocenters. The van der Waals surface area contributed by atoms with Gasteiger partial charge >= 0.3 is 6.18 Å². The van der Waals surface area contributed by atoms with Crippen LogP contribution in [0.2, 0.25) is 0 Å². The van der Waals surface area contributed by atoms with Gasteiger partial charge in [0.25, 0.3) is 0 Å². The van der Waals surface area contributed by atoms with Gasteiger partial charge in [0.15, 0.2) is 15.5 Å². The summed E-state index contributed by atoms with van der Waals surface area (Å²) < 4.78 is 65.2. The van der Waals surface area contributed by atoms with Gasteiger partial charge < -0.3 is 0 Å². The molecule has 4 nitrogen and oxygen atoms in total. The first-order valence-electron chi connectivity index (χ1n) is 9.17. The number of halogens is 3. The van der Waals surface area contributed by atoms with Crippen LogP contribution in [0.4, 0.5) is 13.2 Å². The molecule has 4 aromatic rings. The van der Waals surface area contributed by atoms with E-state index in [1.807, 2.05) is 13.0 Å². The number of sulfone groups is 1. The van der Waals surface area contributed by atoms with Gasteiger partial charge in [-0.1, -0.05) is 24.3 Å². The standard InChI is InChI=1S/C22H17F3N2O2S2/c1-14-5-3-7-16(11-14)27-18(13-21(26-27)22(23,24)25)20-10-9-19(30-20)15-6-4-8-17(12-15)31(2,28)29/h3-13H,1-2H3. The van der Waals surface area contributed by atoms with Crippen LogP contribution in [-0.2, 0) is 16.0 Å². The van der Waals surface area contributed by atoms with Crippen molar-refractivity contribution in [3.8, 4) is 26.7 Å². The average molecular weight is 463 g/mol. The fraction of sp³-hybridized carbons (Fsp3) is 0.136. The van der Waals surface area contributed by atoms with Crippen LogP contribution in [0.5, 0.6) is 0 Å². The van der Waals surface area contributed by atoms with Crippen LogP contribution in [0.3, 0.4) is 0 Å². The lowest BCUT2D eigenvalue weighted by atomic mass is 10.2. The Balaban J connectivity index is 1.83. The third-order valence-corrected chi connectivity index (χ3v) is 6.92. The summed E-state index contributed by atoms with van der Waals surface area (Å²) in [6, 6.07) is 18.1. The summed E-state index contributed by atoms with van der Waals surface area (Å²) in [6.07, 6.45) is -3.45. The van der Waals surface area contributed by atoms with Crippen molar-refractivity contribution in [2.24, 2.45) is 0 Å². The molecule has 0 amide bonds. The molecule has 0 spiro atoms. The van der Waals surface area contributed by atoms with Gasteiger partial charge in [-0.2, -0.15) is 18.3 Å². The second-order valence-electron chi connectivity index (χ2n) is 7.13. The highest BCUT2D eigenvalue weighted by Crippen LogP contribution is 2.39. The molecule has 0 N–H and O–H groups in total. The number of aryl methyl sites for hydroxylation is 1. The molecular formula is C22H17F3N2O2S2. The monoisotopic (exact) mass is 462 g/mol. The molecule has 2 aromatic carbocycles. The number of thiophene rings is 1. The summed E-state index contributed by atoms with van der Waals surface area (Å²) in [4.78, 5) is 1.51. The van der Waals surface area contributed by atoms with E-state index in [1.54, 1.807) is 48.5 Å². The van der Waals surface area contributed by atoms with E-state index < -0.39 is 21.7 Å². The molecule has 2 aromatic heterocycles. The van der Waals surface area contributed by atoms with Crippen LogP contribution < -0.4 is 0 Å². The van der Waals surface area contributed by atoms with E-state index in [0.717, 1.165) is 22.8 Å². The number of aromatic nitrogens is 2. The van der Waals surface area contributed by atoms with Crippen molar-refractivity contribution < 1.29 is 21.6 Å². The molecule has 160 valence electrons. The number of benzene rings is 2. The van der Waals surface area contributed by atoms with Gasteiger partial charge in [-0.15, -0.1) is 11.3 Å². The van der Waals surface area contributed by atoms with E-state index in [1.165, 1.54) is 22.1 Å². The maximum Gasteiger partial charge on any atom is 0.435 e. The molecular weight excluding hydrogens is 445 g/mol. The first-order valence-corrected chi connectivity index (χ1v) is 11.9. The van der Waals surface area contributed by atoms with Crippen molar-refractivity contribution in [1.29, 1.82) is 0 Å². The van der Waals surface area contributed by atoms with Crippen molar-refractivity contribution in [2.75, 3.05) is 6.26 Å². The SMILES string of the molecule is Cc1cccc(-n2nc(C(F)(F)F)cc2-c2ccc(-c3cccc(S(C)(=O)=O)c3)s2)c1. The number of nitrogens with zero attached hydrogens (tertiary/aromatic N) is 2. The van der Waals surface area contributed by atoms with E-state index >= 15 is 0 Å². The summed E-state index contributed by atoms with van der Waals surface area (Å²) in [5.41, 5.74) is 1.44. The van der Waals surface area contributed by atoms with Gasteiger partial charge in [0, 0.05) is 11.1 Å². The van der Waals surface area contributed by atoms with Crippen LogP contribution in [0, 0.1) is 6.92 Å². The lowest BCUT2D eigenvalue weighted by Gasteiger charge is -2.07. The first-order chi connectivity index (χ1) is 14.5. The van der Waals surface area contributed by atoms with Gasteiger partial charge in [-0.05, 0) is 60.5 Å². The van der Waals surface area contributed by atoms with Crippen molar-refractivity contribution in [1.82, 2.24) is 9.78 Å². The minimum Gasteiger partial charge on any atom is -0.232 e. The maximum atomic E-state index is 13.4. The molecule has 0 aliphatic heterocycles. The third-order valence-electron chi connectivity index (χ3n) is 4.65. The van der Waals surface area contributed by atoms with Gasteiger partial charge in [-0.25, -0.2) is 13.1 Å². The predicted molar refractivity (Wildman–Crippen MR) is 115 cm³/mol. The maximum absolute atomic E-state index is 13.4. The lowest BCUT2D eigenvalue weighted by Crippen LogP contribution is -2.07. The molecule has 9 heteroatoms. The van der Waals surface area contributed by atoms with Crippen molar-refractivity contribution >= 4 is 21.2 Å². The van der Waals surface area contributed by atoms with Gasteiger partial charge in [0.05, 0.1) is 21.2 Å². The van der Waals surface area contributed by atoms with Crippen molar-refractivity contribution in [3.63, 3.8) is 0 Å². The van der Waals surface area contributed by atoms with Gasteiger partial charge in [0.2, 0.25) is 0 Å². The van der Waals surface area contributed by atoms with E-state index in [2.05, 4.69) is 5.10 Å². The van der Waals surface area contributed by atoms with E-state index in [-0.39, 0.29) is 4.90 Å². The Morgan fingerprint density at radius 2 is 1.65 bits per heavy atom. The highest BCUT2D eigenvalue weighted by Gasteiger charge is 2.35. The number of rotatable bonds is 4. The summed E-state index contributed by atoms with van der Waals surface area (Å²) in [5, 5.41) is 3.82. The molecule has 4 rings (SSSR count). The second kappa shape index (κ2) is 7.65. The van der Waals surface area contributed by atoms with Crippen LogP contribution in [0.15, 0.2) is 71.6 Å². The Hall–Kier alpha value is -2.91. The highest BCUT2D eigenvalue weighted by molar-refractivity contribution is 7.90. The van der Waals surface area contributed by atoms with E-state index in [4.69, 9.17) is 0 Å². The molecule has 0 atom stereocenters. The minimum absolute atomic E-state index is 0.184. The Morgan fingerprint density at radius 3 is 2.32 bits per heavy atom. The number of hydrogen-bond acceptors (Lipinski definition) is 4. The molecule has 0 fully saturated rings. The summed E-state index contributed by atoms with van der Waals surface area (Å²) in [5.74, 6) is 0. The quantitative estimate of drug-likeness (QED) is 0.374. The zero-order valence-electron chi connectivity index (χ0n) is 16.5. The van der Waals surface area contributed by atoms with Crippen LogP contribution in [0.25, 0.3) is 26.7 Å². The normalized spacial score (nSPS) is 12.3. The topological polar surface area (TPSA) is 52.0 Å². The highest BCUT2D eigenvalue weighted by atomic mass is 32.2. The second-order valence-corrected chi connectivity index (χ2v) is 10.2. The largest absolute Gasteiger partial charge is 0.435 e. The molecule has 0 saturated heterocycles. The fourth-order valence-corrected chi connectivity index (χ4v) is 4.83. The zero-order chi connectivity index (χ0) is 22.4. The Morgan fingerprint density at radius 1 is 0.935 bits per heavy atom. The van der Waals surface area contributed by atoms with Gasteiger partial charge in [-0.3, -0.25) is 0 Å². The molecule has 31 heavy (non-hydrogen) atoms. The minimum atomic E-state index is -4.58. The molecule has 0 saturated carbocycles. The van der Waals surface area contributed by atoms with Crippen molar-refractivity contribution in [3.05, 3.63) is 78.0 Å². The summed E-state index contributed by atoms with van der Waals surface area (Å²) >= 11 is 1.27. The third kappa shape index (κ3) is 4.42. The van der Waals surface area contributed by atoms with Gasteiger partial charge in [0.1, 0.15) is 0 Å². The summed E-state index contributed by atoms with van der Waals surface area (Å²) in [7, 11) is -3.37. The molecule has 0 aliphatic carbocycles. The number of alkyl halides is 3. The predicted octanol–water partition coefficient (Wildman–Crippen LogP) is 6.00. The fourth-order valence-electron chi connectivity index (χ4n) is 3.16. The van der Waals surface area contributed by atoms with E-state index in [0.29, 0.717) is 21.8 Å². The van der Waals surface area contributed by atoms with Crippen LogP contribution >= 0.6 is 11.3 Å². The lowest BCUT2D eigenvalue weighted by molar-refractivity contribution is -0.141. The molecule has 0 radical (unpaired) electrons. The molecule has 2 heterocycles. The molecule has 0 bridgehead atoms. The Bertz CT molecular complexity index is 1370. The first kappa shape index (κ1) is 21.3. The van der Waals surface area contributed by atoms with Crippen LogP contribution in [0.1, 0.15) is 11.3 Å². The van der Waals surface area contributed by atoms with E-state index in [9.17, 15) is 21.6 Å². The van der Waals surface area contributed by atoms with Crippen LogP contribution in [-0.4, -0.2) is 24.5 Å². The summed E-state index contributed by atoms with van der Waals surface area (Å²) in [6.45, 7) is 1.86. The zero-order valence-corrected chi connectivity index (χ0v) is 18.1. The Labute approximate surface area is 181 Å².